The topological polar surface area (TPSA) is 69.2 Å². The van der Waals surface area contributed by atoms with Crippen molar-refractivity contribution in [3.8, 4) is 0 Å². The van der Waals surface area contributed by atoms with Crippen LogP contribution >= 0.6 is 11.6 Å². The Morgan fingerprint density at radius 3 is 2.75 bits per heavy atom. The molecule has 4 nitrogen and oxygen atoms in total. The highest BCUT2D eigenvalue weighted by molar-refractivity contribution is 6.31. The van der Waals surface area contributed by atoms with Gasteiger partial charge in [0.25, 0.3) is 5.69 Å². The molecule has 0 aromatic heterocycles. The van der Waals surface area contributed by atoms with Gasteiger partial charge in [-0.15, -0.1) is 0 Å². The Hall–Kier alpha value is -1.20. The maximum Gasteiger partial charge on any atom is 0.274 e. The lowest BCUT2D eigenvalue weighted by Crippen LogP contribution is -2.22. The standard InChI is InChI=1S/C10H12ClFN2O2/c1-2-7(13)3-6-4-9(12)8(11)5-10(6)14(15)16/h4-5,7H,2-3,13H2,1H3. The summed E-state index contributed by atoms with van der Waals surface area (Å²) < 4.78 is 13.2. The van der Waals surface area contributed by atoms with Crippen molar-refractivity contribution in [2.75, 3.05) is 0 Å². The lowest BCUT2D eigenvalue weighted by atomic mass is 10.0. The number of hydrogen-bond acceptors (Lipinski definition) is 3. The molecule has 0 saturated heterocycles. The Kier molecular flexibility index (Phi) is 4.20. The SMILES string of the molecule is CCC(N)Cc1cc(F)c(Cl)cc1[N+](=O)[O-]. The lowest BCUT2D eigenvalue weighted by molar-refractivity contribution is -0.385. The molecular formula is C10H12ClFN2O2. The van der Waals surface area contributed by atoms with Crippen LogP contribution in [0, 0.1) is 15.9 Å². The predicted molar refractivity (Wildman–Crippen MR) is 60.0 cm³/mol. The number of nitrogens with zero attached hydrogens (tertiary/aromatic N) is 1. The van der Waals surface area contributed by atoms with Crippen LogP contribution in [0.5, 0.6) is 0 Å². The van der Waals surface area contributed by atoms with E-state index < -0.39 is 10.7 Å². The van der Waals surface area contributed by atoms with Gasteiger partial charge in [0.2, 0.25) is 0 Å². The summed E-state index contributed by atoms with van der Waals surface area (Å²) in [4.78, 5) is 10.2. The summed E-state index contributed by atoms with van der Waals surface area (Å²) >= 11 is 5.49. The zero-order valence-electron chi connectivity index (χ0n) is 8.74. The molecule has 88 valence electrons. The van der Waals surface area contributed by atoms with Gasteiger partial charge in [-0.1, -0.05) is 18.5 Å². The third kappa shape index (κ3) is 2.90. The van der Waals surface area contributed by atoms with Crippen LogP contribution in [0.25, 0.3) is 0 Å². The van der Waals surface area contributed by atoms with Gasteiger partial charge >= 0.3 is 0 Å². The normalized spacial score (nSPS) is 12.5. The zero-order valence-corrected chi connectivity index (χ0v) is 9.50. The molecule has 6 heteroatoms. The van der Waals surface area contributed by atoms with Crippen molar-refractivity contribution in [1.82, 2.24) is 0 Å². The van der Waals surface area contributed by atoms with Crippen molar-refractivity contribution in [1.29, 1.82) is 0 Å². The molecule has 1 rings (SSSR count). The minimum Gasteiger partial charge on any atom is -0.327 e. The summed E-state index contributed by atoms with van der Waals surface area (Å²) in [5.74, 6) is -0.662. The number of nitro benzene ring substituents is 1. The first-order chi connectivity index (χ1) is 7.45. The van der Waals surface area contributed by atoms with Gasteiger partial charge in [0.15, 0.2) is 0 Å². The zero-order chi connectivity index (χ0) is 12.3. The van der Waals surface area contributed by atoms with Crippen LogP contribution in [0.15, 0.2) is 12.1 Å². The first kappa shape index (κ1) is 12.9. The van der Waals surface area contributed by atoms with E-state index in [1.165, 1.54) is 0 Å². The summed E-state index contributed by atoms with van der Waals surface area (Å²) in [7, 11) is 0. The summed E-state index contributed by atoms with van der Waals surface area (Å²) in [5, 5.41) is 10.5. The largest absolute Gasteiger partial charge is 0.327 e. The van der Waals surface area contributed by atoms with Gasteiger partial charge in [0, 0.05) is 17.7 Å². The van der Waals surface area contributed by atoms with Crippen molar-refractivity contribution in [2.45, 2.75) is 25.8 Å². The Balaban J connectivity index is 3.14. The molecule has 0 radical (unpaired) electrons. The fourth-order valence-corrected chi connectivity index (χ4v) is 1.50. The minimum absolute atomic E-state index is 0.185. The Labute approximate surface area is 97.4 Å². The number of hydrogen-bond donors (Lipinski definition) is 1. The molecule has 0 bridgehead atoms. The van der Waals surface area contributed by atoms with Crippen molar-refractivity contribution in [3.05, 3.63) is 38.7 Å². The summed E-state index contributed by atoms with van der Waals surface area (Å²) in [6, 6.07) is 1.88. The summed E-state index contributed by atoms with van der Waals surface area (Å²) in [5.41, 5.74) is 5.78. The third-order valence-corrected chi connectivity index (χ3v) is 2.61. The van der Waals surface area contributed by atoms with E-state index in [1.54, 1.807) is 0 Å². The second-order valence-electron chi connectivity index (χ2n) is 3.52. The highest BCUT2D eigenvalue weighted by atomic mass is 35.5. The van der Waals surface area contributed by atoms with E-state index in [1.807, 2.05) is 6.92 Å². The van der Waals surface area contributed by atoms with Crippen molar-refractivity contribution in [2.24, 2.45) is 5.73 Å². The first-order valence-corrected chi connectivity index (χ1v) is 5.21. The van der Waals surface area contributed by atoms with E-state index in [9.17, 15) is 14.5 Å². The lowest BCUT2D eigenvalue weighted by Gasteiger charge is -2.09. The molecule has 2 N–H and O–H groups in total. The molecule has 0 heterocycles. The highest BCUT2D eigenvalue weighted by Crippen LogP contribution is 2.27. The molecule has 0 saturated carbocycles. The molecule has 0 aliphatic heterocycles. The monoisotopic (exact) mass is 246 g/mol. The Bertz CT molecular complexity index is 412. The van der Waals surface area contributed by atoms with Gasteiger partial charge in [-0.05, 0) is 18.9 Å². The molecule has 0 aliphatic carbocycles. The Morgan fingerprint density at radius 1 is 1.62 bits per heavy atom. The molecule has 1 unspecified atom stereocenters. The highest BCUT2D eigenvalue weighted by Gasteiger charge is 2.18. The number of nitro groups is 1. The molecule has 0 amide bonds. The first-order valence-electron chi connectivity index (χ1n) is 4.83. The number of halogens is 2. The van der Waals surface area contributed by atoms with E-state index in [4.69, 9.17) is 17.3 Å². The van der Waals surface area contributed by atoms with Crippen LogP contribution in [0.4, 0.5) is 10.1 Å². The maximum atomic E-state index is 13.2. The van der Waals surface area contributed by atoms with E-state index in [2.05, 4.69) is 0 Å². The van der Waals surface area contributed by atoms with Crippen LogP contribution in [0.1, 0.15) is 18.9 Å². The molecule has 0 spiro atoms. The number of nitrogens with two attached hydrogens (primary N) is 1. The van der Waals surface area contributed by atoms with Crippen LogP contribution < -0.4 is 5.73 Å². The predicted octanol–water partition coefficient (Wildman–Crippen LogP) is 2.67. The molecule has 0 aliphatic rings. The van der Waals surface area contributed by atoms with E-state index in [0.717, 1.165) is 12.1 Å². The fourth-order valence-electron chi connectivity index (χ4n) is 1.34. The fraction of sp³-hybridized carbons (Fsp3) is 0.400. The van der Waals surface area contributed by atoms with Gasteiger partial charge in [-0.25, -0.2) is 4.39 Å². The molecule has 1 aromatic carbocycles. The van der Waals surface area contributed by atoms with Crippen LogP contribution in [0.3, 0.4) is 0 Å². The van der Waals surface area contributed by atoms with Gasteiger partial charge in [-0.3, -0.25) is 10.1 Å². The van der Waals surface area contributed by atoms with Crippen molar-refractivity contribution < 1.29 is 9.31 Å². The van der Waals surface area contributed by atoms with Gasteiger partial charge in [0.05, 0.1) is 9.95 Å². The maximum absolute atomic E-state index is 13.2. The summed E-state index contributed by atoms with van der Waals surface area (Å²) in [6.07, 6.45) is 0.933. The molecule has 1 aromatic rings. The average Bonchev–Trinajstić information content (AvgIpc) is 2.22. The Morgan fingerprint density at radius 2 is 2.25 bits per heavy atom. The molecule has 0 fully saturated rings. The molecular weight excluding hydrogens is 235 g/mol. The van der Waals surface area contributed by atoms with Crippen LogP contribution in [0.2, 0.25) is 5.02 Å². The minimum atomic E-state index is -0.662. The third-order valence-electron chi connectivity index (χ3n) is 2.32. The smallest absolute Gasteiger partial charge is 0.274 e. The summed E-state index contributed by atoms with van der Waals surface area (Å²) in [6.45, 7) is 1.86. The quantitative estimate of drug-likeness (QED) is 0.656. The second-order valence-corrected chi connectivity index (χ2v) is 3.93. The number of rotatable bonds is 4. The van der Waals surface area contributed by atoms with Crippen molar-refractivity contribution in [3.63, 3.8) is 0 Å². The average molecular weight is 247 g/mol. The molecule has 16 heavy (non-hydrogen) atoms. The number of benzene rings is 1. The van der Waals surface area contributed by atoms with Gasteiger partial charge < -0.3 is 5.73 Å². The van der Waals surface area contributed by atoms with E-state index >= 15 is 0 Å². The van der Waals surface area contributed by atoms with Gasteiger partial charge in [-0.2, -0.15) is 0 Å². The van der Waals surface area contributed by atoms with E-state index in [-0.39, 0.29) is 28.7 Å². The van der Waals surface area contributed by atoms with Gasteiger partial charge in [0.1, 0.15) is 5.82 Å². The van der Waals surface area contributed by atoms with E-state index in [0.29, 0.717) is 6.42 Å². The van der Waals surface area contributed by atoms with Crippen LogP contribution in [-0.2, 0) is 6.42 Å². The van der Waals surface area contributed by atoms with Crippen molar-refractivity contribution >= 4 is 17.3 Å². The van der Waals surface area contributed by atoms with Crippen LogP contribution in [-0.4, -0.2) is 11.0 Å². The molecule has 1 atom stereocenters. The second kappa shape index (κ2) is 5.23.